The van der Waals surface area contributed by atoms with E-state index in [0.717, 1.165) is 5.56 Å². The summed E-state index contributed by atoms with van der Waals surface area (Å²) in [7, 11) is 6.29. The van der Waals surface area contributed by atoms with Crippen LogP contribution in [0.3, 0.4) is 0 Å². The van der Waals surface area contributed by atoms with Crippen molar-refractivity contribution in [2.75, 3.05) is 28.4 Å². The van der Waals surface area contributed by atoms with Gasteiger partial charge < -0.3 is 18.9 Å². The highest BCUT2D eigenvalue weighted by atomic mass is 16.5. The molecular formula is C13H17N3O4. The Hall–Kier alpha value is -2.28. The first-order chi connectivity index (χ1) is 9.73. The standard InChI is InChI=1S/C13H17N3O4/c1-17-7-11-14-13(16-15-11)8-5-9(18-2)12(20-4)10(6-8)19-3/h5-6H,7H2,1-4H3,(H,14,15,16). The number of hydrogen-bond donors (Lipinski definition) is 1. The summed E-state index contributed by atoms with van der Waals surface area (Å²) in [6, 6.07) is 3.59. The van der Waals surface area contributed by atoms with Crippen molar-refractivity contribution in [1.29, 1.82) is 0 Å². The van der Waals surface area contributed by atoms with E-state index < -0.39 is 0 Å². The van der Waals surface area contributed by atoms with Gasteiger partial charge in [-0.05, 0) is 12.1 Å². The molecule has 0 radical (unpaired) electrons. The maximum absolute atomic E-state index is 5.30. The monoisotopic (exact) mass is 279 g/mol. The first-order valence-corrected chi connectivity index (χ1v) is 5.94. The van der Waals surface area contributed by atoms with Crippen LogP contribution in [-0.4, -0.2) is 43.6 Å². The topological polar surface area (TPSA) is 78.5 Å². The molecule has 0 spiro atoms. The van der Waals surface area contributed by atoms with Gasteiger partial charge in [0.15, 0.2) is 23.1 Å². The number of aromatic nitrogens is 3. The van der Waals surface area contributed by atoms with Gasteiger partial charge in [0, 0.05) is 12.7 Å². The van der Waals surface area contributed by atoms with Crippen LogP contribution in [0.1, 0.15) is 5.82 Å². The molecule has 108 valence electrons. The third-order valence-electron chi connectivity index (χ3n) is 2.74. The molecule has 0 atom stereocenters. The minimum absolute atomic E-state index is 0.372. The van der Waals surface area contributed by atoms with E-state index in [1.165, 1.54) is 0 Å². The lowest BCUT2D eigenvalue weighted by atomic mass is 10.1. The van der Waals surface area contributed by atoms with Crippen molar-refractivity contribution in [3.8, 4) is 28.6 Å². The maximum Gasteiger partial charge on any atom is 0.203 e. The van der Waals surface area contributed by atoms with Crippen LogP contribution in [0, 0.1) is 0 Å². The van der Waals surface area contributed by atoms with Gasteiger partial charge in [0.2, 0.25) is 5.75 Å². The lowest BCUT2D eigenvalue weighted by Gasteiger charge is -2.12. The fourth-order valence-corrected chi connectivity index (χ4v) is 1.84. The number of nitrogens with zero attached hydrogens (tertiary/aromatic N) is 2. The van der Waals surface area contributed by atoms with Crippen LogP contribution in [0.2, 0.25) is 0 Å². The van der Waals surface area contributed by atoms with E-state index in [1.54, 1.807) is 40.6 Å². The van der Waals surface area contributed by atoms with E-state index in [9.17, 15) is 0 Å². The Morgan fingerprint density at radius 3 is 2.15 bits per heavy atom. The van der Waals surface area contributed by atoms with Crippen molar-refractivity contribution in [3.63, 3.8) is 0 Å². The van der Waals surface area contributed by atoms with Gasteiger partial charge in [0.05, 0.1) is 21.3 Å². The second-order valence-corrected chi connectivity index (χ2v) is 3.95. The van der Waals surface area contributed by atoms with Crippen LogP contribution in [-0.2, 0) is 11.3 Å². The zero-order valence-corrected chi connectivity index (χ0v) is 11.9. The summed E-state index contributed by atoms with van der Waals surface area (Å²) >= 11 is 0. The summed E-state index contributed by atoms with van der Waals surface area (Å²) in [5.74, 6) is 2.83. The molecule has 0 aliphatic carbocycles. The molecule has 2 aromatic rings. The second-order valence-electron chi connectivity index (χ2n) is 3.95. The smallest absolute Gasteiger partial charge is 0.203 e. The number of H-pyrrole nitrogens is 1. The lowest BCUT2D eigenvalue weighted by molar-refractivity contribution is 0.178. The van der Waals surface area contributed by atoms with Crippen molar-refractivity contribution in [1.82, 2.24) is 15.2 Å². The molecule has 0 saturated heterocycles. The molecular weight excluding hydrogens is 262 g/mol. The van der Waals surface area contributed by atoms with Crippen LogP contribution in [0.5, 0.6) is 17.2 Å². The zero-order chi connectivity index (χ0) is 14.5. The van der Waals surface area contributed by atoms with Crippen molar-refractivity contribution in [3.05, 3.63) is 18.0 Å². The number of methoxy groups -OCH3 is 4. The Kier molecular flexibility index (Phi) is 4.41. The second kappa shape index (κ2) is 6.25. The third-order valence-corrected chi connectivity index (χ3v) is 2.74. The van der Waals surface area contributed by atoms with E-state index in [2.05, 4.69) is 15.2 Å². The average molecular weight is 279 g/mol. The molecule has 0 amide bonds. The van der Waals surface area contributed by atoms with Crippen molar-refractivity contribution < 1.29 is 18.9 Å². The normalized spacial score (nSPS) is 10.4. The molecule has 0 bridgehead atoms. The summed E-state index contributed by atoms with van der Waals surface area (Å²) in [6.45, 7) is 0.372. The van der Waals surface area contributed by atoms with Gasteiger partial charge in [0.25, 0.3) is 0 Å². The van der Waals surface area contributed by atoms with Crippen LogP contribution in [0.4, 0.5) is 0 Å². The van der Waals surface area contributed by atoms with Crippen molar-refractivity contribution in [2.24, 2.45) is 0 Å². The molecule has 1 aromatic heterocycles. The number of ether oxygens (including phenoxy) is 4. The minimum atomic E-state index is 0.372. The Morgan fingerprint density at radius 1 is 1.00 bits per heavy atom. The van der Waals surface area contributed by atoms with Gasteiger partial charge in [-0.2, -0.15) is 5.10 Å². The predicted octanol–water partition coefficient (Wildman–Crippen LogP) is 1.64. The summed E-state index contributed by atoms with van der Waals surface area (Å²) in [6.07, 6.45) is 0. The van der Waals surface area contributed by atoms with Crippen LogP contribution in [0.25, 0.3) is 11.4 Å². The lowest BCUT2D eigenvalue weighted by Crippen LogP contribution is -1.96. The van der Waals surface area contributed by atoms with Gasteiger partial charge in [-0.3, -0.25) is 5.10 Å². The van der Waals surface area contributed by atoms with E-state index in [-0.39, 0.29) is 0 Å². The van der Waals surface area contributed by atoms with Crippen molar-refractivity contribution in [2.45, 2.75) is 6.61 Å². The van der Waals surface area contributed by atoms with Gasteiger partial charge in [-0.25, -0.2) is 4.98 Å². The number of aromatic amines is 1. The number of hydrogen-bond acceptors (Lipinski definition) is 6. The first-order valence-electron chi connectivity index (χ1n) is 5.94. The molecule has 1 aromatic carbocycles. The van der Waals surface area contributed by atoms with E-state index in [4.69, 9.17) is 18.9 Å². The fraction of sp³-hybridized carbons (Fsp3) is 0.385. The predicted molar refractivity (Wildman–Crippen MR) is 72.2 cm³/mol. The Labute approximate surface area is 116 Å². The average Bonchev–Trinajstić information content (AvgIpc) is 2.94. The Bertz CT molecular complexity index is 558. The van der Waals surface area contributed by atoms with Crippen LogP contribution < -0.4 is 14.2 Å². The Balaban J connectivity index is 2.45. The molecule has 7 nitrogen and oxygen atoms in total. The zero-order valence-electron chi connectivity index (χ0n) is 11.9. The van der Waals surface area contributed by atoms with Gasteiger partial charge in [-0.15, -0.1) is 0 Å². The number of rotatable bonds is 6. The molecule has 1 heterocycles. The van der Waals surface area contributed by atoms with E-state index in [1.807, 2.05) is 0 Å². The van der Waals surface area contributed by atoms with Gasteiger partial charge >= 0.3 is 0 Å². The first kappa shape index (κ1) is 14.1. The third kappa shape index (κ3) is 2.67. The number of benzene rings is 1. The molecule has 0 unspecified atom stereocenters. The molecule has 20 heavy (non-hydrogen) atoms. The summed E-state index contributed by atoms with van der Waals surface area (Å²) in [5, 5.41) is 6.95. The van der Waals surface area contributed by atoms with E-state index in [0.29, 0.717) is 35.5 Å². The van der Waals surface area contributed by atoms with Gasteiger partial charge in [-0.1, -0.05) is 0 Å². The highest BCUT2D eigenvalue weighted by molar-refractivity contribution is 5.66. The highest BCUT2D eigenvalue weighted by Crippen LogP contribution is 2.40. The Morgan fingerprint density at radius 2 is 1.65 bits per heavy atom. The molecule has 7 heteroatoms. The minimum Gasteiger partial charge on any atom is -0.493 e. The fourth-order valence-electron chi connectivity index (χ4n) is 1.84. The van der Waals surface area contributed by atoms with Crippen LogP contribution in [0.15, 0.2) is 12.1 Å². The number of nitrogens with one attached hydrogen (secondary N) is 1. The van der Waals surface area contributed by atoms with Gasteiger partial charge in [0.1, 0.15) is 6.61 Å². The molecule has 1 N–H and O–H groups in total. The maximum atomic E-state index is 5.30. The molecule has 0 fully saturated rings. The summed E-state index contributed by atoms with van der Waals surface area (Å²) in [4.78, 5) is 4.33. The molecule has 2 rings (SSSR count). The molecule has 0 saturated carbocycles. The van der Waals surface area contributed by atoms with Crippen LogP contribution >= 0.6 is 0 Å². The summed E-state index contributed by atoms with van der Waals surface area (Å²) in [5.41, 5.74) is 0.762. The highest BCUT2D eigenvalue weighted by Gasteiger charge is 2.16. The van der Waals surface area contributed by atoms with Crippen molar-refractivity contribution >= 4 is 0 Å². The molecule has 0 aliphatic heterocycles. The SMILES string of the molecule is COCc1nc(-c2cc(OC)c(OC)c(OC)c2)n[nH]1. The summed E-state index contributed by atoms with van der Waals surface area (Å²) < 4.78 is 20.9. The van der Waals surface area contributed by atoms with E-state index >= 15 is 0 Å². The quantitative estimate of drug-likeness (QED) is 0.866. The molecule has 0 aliphatic rings. The largest absolute Gasteiger partial charge is 0.493 e.